The highest BCUT2D eigenvalue weighted by atomic mass is 16.3. The van der Waals surface area contributed by atoms with Gasteiger partial charge in [-0.2, -0.15) is 15.8 Å². The molecule has 0 saturated heterocycles. The largest absolute Gasteiger partial charge is 0.871 e. The van der Waals surface area contributed by atoms with Crippen LogP contribution in [0, 0.1) is 34.0 Å². The second kappa shape index (κ2) is 3.94. The van der Waals surface area contributed by atoms with Crippen molar-refractivity contribution in [2.45, 2.75) is 0 Å². The van der Waals surface area contributed by atoms with Crippen LogP contribution in [0.4, 0.5) is 0 Å². The predicted molar refractivity (Wildman–Crippen MR) is 47.8 cm³/mol. The molecule has 0 bridgehead atoms. The summed E-state index contributed by atoms with van der Waals surface area (Å²) in [6.45, 7) is 0. The van der Waals surface area contributed by atoms with Gasteiger partial charge in [0, 0.05) is 11.1 Å². The molecule has 0 amide bonds. The molecule has 16 heavy (non-hydrogen) atoms. The maximum Gasteiger partial charge on any atom is 0.195 e. The van der Waals surface area contributed by atoms with Crippen LogP contribution in [0.2, 0.25) is 0 Å². The van der Waals surface area contributed by atoms with E-state index in [0.717, 1.165) is 0 Å². The van der Waals surface area contributed by atoms with Crippen LogP contribution < -0.4 is 5.11 Å². The Morgan fingerprint density at radius 2 is 1.75 bits per heavy atom. The van der Waals surface area contributed by atoms with Gasteiger partial charge in [-0.3, -0.25) is 4.79 Å². The Labute approximate surface area is 89.8 Å². The molecule has 0 radical (unpaired) electrons. The van der Waals surface area contributed by atoms with E-state index in [2.05, 4.69) is 0 Å². The van der Waals surface area contributed by atoms with Crippen molar-refractivity contribution in [3.05, 3.63) is 33.5 Å². The quantitative estimate of drug-likeness (QED) is 0.316. The van der Waals surface area contributed by atoms with Crippen molar-refractivity contribution in [2.75, 3.05) is 0 Å². The summed E-state index contributed by atoms with van der Waals surface area (Å²) in [5, 5.41) is 45.2. The van der Waals surface area contributed by atoms with Crippen LogP contribution in [0.15, 0.2) is 28.1 Å². The van der Waals surface area contributed by atoms with E-state index in [1.165, 1.54) is 24.1 Å². The highest BCUT2D eigenvalue weighted by Gasteiger charge is 2.32. The van der Waals surface area contributed by atoms with E-state index in [4.69, 9.17) is 21.2 Å². The maximum atomic E-state index is 11.3. The van der Waals surface area contributed by atoms with E-state index >= 15 is 0 Å². The number of hydrogen-bond acceptors (Lipinski definition) is 5. The molecular formula is C10N4O2-2. The summed E-state index contributed by atoms with van der Waals surface area (Å²) in [6.07, 6.45) is 0. The molecule has 0 atom stereocenters. The monoisotopic (exact) mass is 208 g/mol. The zero-order chi connectivity index (χ0) is 12.3. The third-order valence-corrected chi connectivity index (χ3v) is 1.86. The average Bonchev–Trinajstić information content (AvgIpc) is 2.32. The molecule has 0 aromatic rings. The number of ketones is 1. The van der Waals surface area contributed by atoms with Gasteiger partial charge in [0.2, 0.25) is 0 Å². The third-order valence-electron chi connectivity index (χ3n) is 1.86. The van der Waals surface area contributed by atoms with Crippen molar-refractivity contribution in [1.82, 2.24) is 0 Å². The average molecular weight is 208 g/mol. The number of allylic oxidation sites excluding steroid dienone is 4. The second-order valence-corrected chi connectivity index (χ2v) is 2.61. The van der Waals surface area contributed by atoms with E-state index in [9.17, 15) is 9.90 Å². The number of nitriles is 3. The van der Waals surface area contributed by atoms with E-state index in [0.29, 0.717) is 0 Å². The van der Waals surface area contributed by atoms with Crippen LogP contribution in [0.3, 0.4) is 0 Å². The fourth-order valence-corrected chi connectivity index (χ4v) is 1.12. The SMILES string of the molecule is N#CC(=C=[N-])C1=C([O-])C(=C(C#N)C#N)C1=O. The van der Waals surface area contributed by atoms with Crippen LogP contribution in [-0.2, 0) is 4.79 Å². The first kappa shape index (κ1) is 10.9. The van der Waals surface area contributed by atoms with Crippen LogP contribution in [0.25, 0.3) is 5.41 Å². The summed E-state index contributed by atoms with van der Waals surface area (Å²) in [7, 11) is 0. The van der Waals surface area contributed by atoms with Crippen LogP contribution >= 0.6 is 0 Å². The van der Waals surface area contributed by atoms with Gasteiger partial charge in [0.05, 0.1) is 5.57 Å². The zero-order valence-electron chi connectivity index (χ0n) is 7.61. The molecule has 0 unspecified atom stereocenters. The first-order valence-electron chi connectivity index (χ1n) is 3.80. The molecule has 0 aromatic carbocycles. The summed E-state index contributed by atoms with van der Waals surface area (Å²) in [5.74, 6) is -0.405. The second-order valence-electron chi connectivity index (χ2n) is 2.61. The Hall–Kier alpha value is -3.13. The van der Waals surface area contributed by atoms with Crippen molar-refractivity contribution in [3.8, 4) is 18.2 Å². The van der Waals surface area contributed by atoms with Gasteiger partial charge >= 0.3 is 0 Å². The van der Waals surface area contributed by atoms with Gasteiger partial charge in [0.1, 0.15) is 23.8 Å². The Balaban J connectivity index is 3.48. The first-order valence-corrected chi connectivity index (χ1v) is 3.80. The van der Waals surface area contributed by atoms with Gasteiger partial charge in [-0.15, -0.1) is 0 Å². The fraction of sp³-hybridized carbons (Fsp3) is 0. The molecule has 0 heterocycles. The van der Waals surface area contributed by atoms with Crippen LogP contribution in [-0.4, -0.2) is 11.7 Å². The minimum absolute atomic E-state index is 0.553. The fourth-order valence-electron chi connectivity index (χ4n) is 1.12. The molecule has 6 heteroatoms. The number of rotatable bonds is 1. The molecule has 0 saturated carbocycles. The highest BCUT2D eigenvalue weighted by molar-refractivity contribution is 6.24. The number of carbonyl (C=O) groups is 1. The van der Waals surface area contributed by atoms with Crippen molar-refractivity contribution < 1.29 is 9.90 Å². The molecular weight excluding hydrogens is 208 g/mol. The molecule has 1 aliphatic carbocycles. The van der Waals surface area contributed by atoms with E-state index < -0.39 is 33.8 Å². The lowest BCUT2D eigenvalue weighted by atomic mass is 9.82. The number of carbonyl (C=O) groups excluding carboxylic acids is 1. The molecule has 1 rings (SSSR count). The Kier molecular flexibility index (Phi) is 2.70. The lowest BCUT2D eigenvalue weighted by molar-refractivity contribution is -0.300. The van der Waals surface area contributed by atoms with Gasteiger partial charge in [-0.1, -0.05) is 5.76 Å². The summed E-state index contributed by atoms with van der Waals surface area (Å²) in [4.78, 5) is 11.3. The molecule has 0 aromatic heterocycles. The maximum absolute atomic E-state index is 11.3. The lowest BCUT2D eigenvalue weighted by Crippen LogP contribution is -2.32. The van der Waals surface area contributed by atoms with Crippen molar-refractivity contribution in [3.63, 3.8) is 0 Å². The molecule has 0 spiro atoms. The summed E-state index contributed by atoms with van der Waals surface area (Å²) < 4.78 is 0. The Morgan fingerprint density at radius 1 is 1.19 bits per heavy atom. The number of Topliss-reactive ketones (excluding diaryl/α,β-unsaturated/α-hetero) is 1. The molecule has 1 aliphatic rings. The smallest absolute Gasteiger partial charge is 0.195 e. The minimum Gasteiger partial charge on any atom is -0.871 e. The highest BCUT2D eigenvalue weighted by Crippen LogP contribution is 2.32. The first-order chi connectivity index (χ1) is 7.62. The minimum atomic E-state index is -0.902. The van der Waals surface area contributed by atoms with Crippen LogP contribution in [0.1, 0.15) is 0 Å². The van der Waals surface area contributed by atoms with Gasteiger partial charge < -0.3 is 10.5 Å². The topological polar surface area (TPSA) is 134 Å². The summed E-state index contributed by atoms with van der Waals surface area (Å²) in [5.41, 5.74) is -2.31. The van der Waals surface area contributed by atoms with Gasteiger partial charge in [-0.25, -0.2) is 5.87 Å². The third kappa shape index (κ3) is 1.27. The molecule has 0 aliphatic heterocycles. The number of nitrogens with zero attached hydrogens (tertiary/aromatic N) is 4. The molecule has 6 nitrogen and oxygen atoms in total. The van der Waals surface area contributed by atoms with E-state index in [1.807, 2.05) is 0 Å². The van der Waals surface area contributed by atoms with Gasteiger partial charge in [-0.05, 0) is 0 Å². The van der Waals surface area contributed by atoms with Gasteiger partial charge in [0.25, 0.3) is 0 Å². The Morgan fingerprint density at radius 3 is 2.06 bits per heavy atom. The summed E-state index contributed by atoms with van der Waals surface area (Å²) in [6, 6.07) is 4.20. The van der Waals surface area contributed by atoms with Crippen molar-refractivity contribution >= 4 is 11.7 Å². The van der Waals surface area contributed by atoms with Crippen molar-refractivity contribution in [2.24, 2.45) is 0 Å². The summed E-state index contributed by atoms with van der Waals surface area (Å²) >= 11 is 0. The predicted octanol–water partition coefficient (Wildman–Crippen LogP) is -0.784. The Bertz CT molecular complexity index is 609. The molecule has 74 valence electrons. The lowest BCUT2D eigenvalue weighted by Gasteiger charge is -2.29. The molecule has 0 fully saturated rings. The zero-order valence-corrected chi connectivity index (χ0v) is 7.61. The standard InChI is InChI=1S/C10HN4O2/c11-1-5(2-12)7-9(15)8(10(7)16)6(3-13)4-14/h15H/q-1/p-1. The van der Waals surface area contributed by atoms with Crippen LogP contribution in [0.5, 0.6) is 0 Å². The van der Waals surface area contributed by atoms with E-state index in [-0.39, 0.29) is 0 Å². The van der Waals surface area contributed by atoms with Crippen molar-refractivity contribution in [1.29, 1.82) is 15.8 Å². The molecule has 0 N–H and O–H groups in total. The normalized spacial score (nSPS) is 12.8. The van der Waals surface area contributed by atoms with Gasteiger partial charge in [0.15, 0.2) is 5.78 Å². The van der Waals surface area contributed by atoms with E-state index in [1.54, 1.807) is 0 Å². The number of hydrogen-bond donors (Lipinski definition) is 0.